The van der Waals surface area contributed by atoms with E-state index in [-0.39, 0.29) is 11.0 Å². The first kappa shape index (κ1) is 18.7. The smallest absolute Gasteiger partial charge is 0.290 e. The van der Waals surface area contributed by atoms with Crippen molar-refractivity contribution in [3.8, 4) is 5.69 Å². The molecule has 1 atom stereocenters. The highest BCUT2D eigenvalue weighted by atomic mass is 35.5. The number of halogens is 1. The fraction of sp³-hybridized carbons (Fsp3) is 0.375. The van der Waals surface area contributed by atoms with Crippen LogP contribution in [0.4, 0.5) is 0 Å². The van der Waals surface area contributed by atoms with Gasteiger partial charge in [-0.2, -0.15) is 0 Å². The third-order valence-corrected chi connectivity index (χ3v) is 7.13. The summed E-state index contributed by atoms with van der Waals surface area (Å²) in [5, 5.41) is 0.350. The van der Waals surface area contributed by atoms with Gasteiger partial charge >= 0.3 is 0 Å². The molecule has 1 aliphatic heterocycles. The van der Waals surface area contributed by atoms with Crippen molar-refractivity contribution in [1.29, 1.82) is 0 Å². The van der Waals surface area contributed by atoms with E-state index >= 15 is 0 Å². The summed E-state index contributed by atoms with van der Waals surface area (Å²) in [6, 6.07) is 18.7. The molecule has 29 heavy (non-hydrogen) atoms. The lowest BCUT2D eigenvalue weighted by atomic mass is 9.81. The van der Waals surface area contributed by atoms with Crippen LogP contribution in [0.2, 0.25) is 5.02 Å². The van der Waals surface area contributed by atoms with Gasteiger partial charge in [-0.1, -0.05) is 54.1 Å². The third-order valence-electron chi connectivity index (χ3n) is 6.75. The molecule has 4 nitrogen and oxygen atoms in total. The van der Waals surface area contributed by atoms with Gasteiger partial charge in [0.1, 0.15) is 5.02 Å². The monoisotopic (exact) mass is 407 g/mol. The van der Waals surface area contributed by atoms with Gasteiger partial charge in [0.25, 0.3) is 5.56 Å². The van der Waals surface area contributed by atoms with E-state index in [2.05, 4.69) is 36.1 Å². The molecule has 2 aliphatic rings. The predicted octanol–water partition coefficient (Wildman–Crippen LogP) is 4.40. The first-order valence-corrected chi connectivity index (χ1v) is 10.9. The highest BCUT2D eigenvalue weighted by molar-refractivity contribution is 6.31. The molecule has 3 aromatic rings. The molecule has 1 saturated heterocycles. The number of fused-ring (bicyclic) bond motifs is 2. The van der Waals surface area contributed by atoms with Crippen LogP contribution >= 0.6 is 11.6 Å². The zero-order valence-corrected chi connectivity index (χ0v) is 17.5. The van der Waals surface area contributed by atoms with Gasteiger partial charge in [-0.05, 0) is 56.0 Å². The van der Waals surface area contributed by atoms with Gasteiger partial charge in [0.05, 0.1) is 11.4 Å². The van der Waals surface area contributed by atoms with Crippen LogP contribution in [-0.2, 0) is 24.9 Å². The standard InChI is InChI=1S/C24H26ClN3O/c1-2-27-21(22(25)23(29)28(27)19-9-4-3-5-10-19)16-26-15-14-24(17-26)13-12-18-8-6-7-11-20(18)24/h3-11H,2,12-17H2,1H3. The van der Waals surface area contributed by atoms with E-state index in [0.29, 0.717) is 18.1 Å². The predicted molar refractivity (Wildman–Crippen MR) is 117 cm³/mol. The molecule has 150 valence electrons. The van der Waals surface area contributed by atoms with E-state index in [1.54, 1.807) is 4.68 Å². The summed E-state index contributed by atoms with van der Waals surface area (Å²) in [7, 11) is 0. The van der Waals surface area contributed by atoms with Gasteiger partial charge in [0, 0.05) is 25.0 Å². The summed E-state index contributed by atoms with van der Waals surface area (Å²) in [6.07, 6.45) is 3.58. The lowest BCUT2D eigenvalue weighted by Crippen LogP contribution is -2.29. The van der Waals surface area contributed by atoms with E-state index in [1.807, 2.05) is 35.0 Å². The zero-order chi connectivity index (χ0) is 20.0. The molecule has 0 saturated carbocycles. The molecule has 1 unspecified atom stereocenters. The largest absolute Gasteiger partial charge is 0.297 e. The van der Waals surface area contributed by atoms with Crippen molar-refractivity contribution in [2.75, 3.05) is 13.1 Å². The Morgan fingerprint density at radius 3 is 2.59 bits per heavy atom. The molecule has 0 N–H and O–H groups in total. The van der Waals surface area contributed by atoms with Crippen molar-refractivity contribution in [3.05, 3.63) is 86.8 Å². The minimum Gasteiger partial charge on any atom is -0.297 e. The van der Waals surface area contributed by atoms with Crippen LogP contribution in [-0.4, -0.2) is 27.4 Å². The second-order valence-electron chi connectivity index (χ2n) is 8.33. The number of para-hydroxylation sites is 1. The van der Waals surface area contributed by atoms with Gasteiger partial charge in [-0.15, -0.1) is 0 Å². The average molecular weight is 408 g/mol. The summed E-state index contributed by atoms with van der Waals surface area (Å²) in [5.74, 6) is 0. The second kappa shape index (κ2) is 7.19. The van der Waals surface area contributed by atoms with Crippen molar-refractivity contribution < 1.29 is 0 Å². The maximum Gasteiger partial charge on any atom is 0.290 e. The number of aromatic nitrogens is 2. The Hall–Kier alpha value is -2.30. The van der Waals surface area contributed by atoms with Crippen LogP contribution in [0, 0.1) is 0 Å². The number of rotatable bonds is 4. The molecule has 1 aromatic heterocycles. The molecular formula is C24H26ClN3O. The lowest BCUT2D eigenvalue weighted by Gasteiger charge is -2.26. The van der Waals surface area contributed by atoms with Crippen molar-refractivity contribution >= 4 is 11.6 Å². The van der Waals surface area contributed by atoms with Crippen molar-refractivity contribution in [1.82, 2.24) is 14.3 Å². The van der Waals surface area contributed by atoms with Crippen LogP contribution in [0.15, 0.2) is 59.4 Å². The Bertz CT molecular complexity index is 1100. The highest BCUT2D eigenvalue weighted by Gasteiger charge is 2.44. The van der Waals surface area contributed by atoms with Crippen LogP contribution in [0.3, 0.4) is 0 Å². The fourth-order valence-corrected chi connectivity index (χ4v) is 5.60. The molecule has 5 heteroatoms. The number of hydrogen-bond donors (Lipinski definition) is 0. The molecule has 0 radical (unpaired) electrons. The maximum absolute atomic E-state index is 12.9. The van der Waals surface area contributed by atoms with Crippen molar-refractivity contribution in [2.45, 2.75) is 44.7 Å². The first-order chi connectivity index (χ1) is 14.1. The molecule has 1 fully saturated rings. The summed E-state index contributed by atoms with van der Waals surface area (Å²) >= 11 is 6.58. The van der Waals surface area contributed by atoms with Gasteiger partial charge < -0.3 is 0 Å². The molecule has 0 bridgehead atoms. The molecule has 5 rings (SSSR count). The Morgan fingerprint density at radius 2 is 1.79 bits per heavy atom. The van der Waals surface area contributed by atoms with E-state index in [0.717, 1.165) is 24.5 Å². The number of nitrogens with zero attached hydrogens (tertiary/aromatic N) is 3. The van der Waals surface area contributed by atoms with Gasteiger partial charge in [0.15, 0.2) is 0 Å². The Balaban J connectivity index is 1.46. The summed E-state index contributed by atoms with van der Waals surface area (Å²) in [6.45, 7) is 5.56. The van der Waals surface area contributed by atoms with E-state index in [4.69, 9.17) is 11.6 Å². The molecule has 2 heterocycles. The number of hydrogen-bond acceptors (Lipinski definition) is 2. The fourth-order valence-electron chi connectivity index (χ4n) is 5.36. The summed E-state index contributed by atoms with van der Waals surface area (Å²) in [5.41, 5.74) is 4.95. The topological polar surface area (TPSA) is 30.2 Å². The quantitative estimate of drug-likeness (QED) is 0.641. The second-order valence-corrected chi connectivity index (χ2v) is 8.71. The first-order valence-electron chi connectivity index (χ1n) is 10.5. The molecular weight excluding hydrogens is 382 g/mol. The Morgan fingerprint density at radius 1 is 1.03 bits per heavy atom. The highest BCUT2D eigenvalue weighted by Crippen LogP contribution is 2.45. The molecule has 1 aliphatic carbocycles. The van der Waals surface area contributed by atoms with Crippen LogP contribution in [0.5, 0.6) is 0 Å². The molecule has 1 spiro atoms. The van der Waals surface area contributed by atoms with Crippen LogP contribution < -0.4 is 5.56 Å². The van der Waals surface area contributed by atoms with Gasteiger partial charge in [0.2, 0.25) is 0 Å². The van der Waals surface area contributed by atoms with Crippen LogP contribution in [0.1, 0.15) is 36.6 Å². The van der Waals surface area contributed by atoms with E-state index < -0.39 is 0 Å². The average Bonchev–Trinajstić information content (AvgIpc) is 3.41. The summed E-state index contributed by atoms with van der Waals surface area (Å²) in [4.78, 5) is 15.4. The number of aryl methyl sites for hydroxylation is 1. The number of benzene rings is 2. The number of likely N-dealkylation sites (tertiary alicyclic amines) is 1. The maximum atomic E-state index is 12.9. The zero-order valence-electron chi connectivity index (χ0n) is 16.8. The normalized spacial score (nSPS) is 21.2. The summed E-state index contributed by atoms with van der Waals surface area (Å²) < 4.78 is 3.75. The van der Waals surface area contributed by atoms with Crippen molar-refractivity contribution in [2.24, 2.45) is 0 Å². The minimum absolute atomic E-state index is 0.130. The van der Waals surface area contributed by atoms with Gasteiger partial charge in [-0.3, -0.25) is 14.4 Å². The third kappa shape index (κ3) is 2.97. The van der Waals surface area contributed by atoms with E-state index in [1.165, 1.54) is 30.4 Å². The van der Waals surface area contributed by atoms with E-state index in [9.17, 15) is 4.79 Å². The van der Waals surface area contributed by atoms with Gasteiger partial charge in [-0.25, -0.2) is 4.68 Å². The Labute approximate surface area is 176 Å². The lowest BCUT2D eigenvalue weighted by molar-refractivity contribution is 0.290. The minimum atomic E-state index is -0.130. The Kier molecular flexibility index (Phi) is 4.64. The van der Waals surface area contributed by atoms with Crippen molar-refractivity contribution in [3.63, 3.8) is 0 Å². The molecule has 0 amide bonds. The molecule has 2 aromatic carbocycles. The SMILES string of the molecule is CCn1c(CN2CCC3(CCc4ccccc43)C2)c(Cl)c(=O)n1-c1ccccc1. The van der Waals surface area contributed by atoms with Crippen LogP contribution in [0.25, 0.3) is 5.69 Å².